The second-order valence-corrected chi connectivity index (χ2v) is 3.46. The number of hydrogen-bond acceptors (Lipinski definition) is 3. The summed E-state index contributed by atoms with van der Waals surface area (Å²) in [6.07, 6.45) is 2.72. The third kappa shape index (κ3) is 2.20. The first-order valence-electron chi connectivity index (χ1n) is 5.03. The molecule has 0 aliphatic heterocycles. The van der Waals surface area contributed by atoms with Gasteiger partial charge in [0.1, 0.15) is 11.9 Å². The van der Waals surface area contributed by atoms with Crippen LogP contribution in [0.2, 0.25) is 0 Å². The van der Waals surface area contributed by atoms with Gasteiger partial charge in [-0.3, -0.25) is 4.98 Å². The van der Waals surface area contributed by atoms with Gasteiger partial charge in [-0.15, -0.1) is 0 Å². The molecule has 16 heavy (non-hydrogen) atoms. The number of hydrogen-bond donors (Lipinski definition) is 1. The maximum Gasteiger partial charge on any atom is 0.118 e. The number of benzene rings is 1. The quantitative estimate of drug-likeness (QED) is 0.853. The van der Waals surface area contributed by atoms with Gasteiger partial charge in [-0.2, -0.15) is 0 Å². The molecule has 0 saturated carbocycles. The van der Waals surface area contributed by atoms with Crippen molar-refractivity contribution < 1.29 is 9.84 Å². The maximum absolute atomic E-state index is 10.1. The van der Waals surface area contributed by atoms with Crippen LogP contribution >= 0.6 is 0 Å². The fraction of sp³-hybridized carbons (Fsp3) is 0.154. The largest absolute Gasteiger partial charge is 0.497 e. The molecule has 82 valence electrons. The van der Waals surface area contributed by atoms with E-state index in [1.54, 1.807) is 31.6 Å². The van der Waals surface area contributed by atoms with E-state index in [1.807, 2.05) is 24.3 Å². The molecule has 3 heteroatoms. The van der Waals surface area contributed by atoms with E-state index in [9.17, 15) is 5.11 Å². The van der Waals surface area contributed by atoms with Crippen LogP contribution in [0.1, 0.15) is 17.2 Å². The van der Waals surface area contributed by atoms with Gasteiger partial charge in [0.15, 0.2) is 0 Å². The Morgan fingerprint density at radius 1 is 1.00 bits per heavy atom. The van der Waals surface area contributed by atoms with Crippen molar-refractivity contribution in [2.75, 3.05) is 7.11 Å². The summed E-state index contributed by atoms with van der Waals surface area (Å²) in [5.41, 5.74) is 1.67. The van der Waals surface area contributed by atoms with Crippen LogP contribution in [0.25, 0.3) is 0 Å². The summed E-state index contributed by atoms with van der Waals surface area (Å²) in [5, 5.41) is 10.1. The van der Waals surface area contributed by atoms with Gasteiger partial charge in [0.25, 0.3) is 0 Å². The Bertz CT molecular complexity index is 439. The lowest BCUT2D eigenvalue weighted by molar-refractivity contribution is 0.220. The van der Waals surface area contributed by atoms with Gasteiger partial charge in [0.2, 0.25) is 0 Å². The molecule has 1 N–H and O–H groups in total. The smallest absolute Gasteiger partial charge is 0.118 e. The molecule has 1 aromatic carbocycles. The Morgan fingerprint density at radius 3 is 2.12 bits per heavy atom. The van der Waals surface area contributed by atoms with Crippen LogP contribution in [0.5, 0.6) is 5.75 Å². The van der Waals surface area contributed by atoms with Crippen molar-refractivity contribution in [1.82, 2.24) is 4.98 Å². The molecule has 0 amide bonds. The molecule has 1 atom stereocenters. The average molecular weight is 215 g/mol. The second kappa shape index (κ2) is 4.77. The molecule has 0 radical (unpaired) electrons. The van der Waals surface area contributed by atoms with Crippen molar-refractivity contribution in [1.29, 1.82) is 0 Å². The fourth-order valence-corrected chi connectivity index (χ4v) is 1.52. The van der Waals surface area contributed by atoms with Crippen molar-refractivity contribution >= 4 is 0 Å². The molecule has 0 aliphatic rings. The van der Waals surface area contributed by atoms with E-state index in [4.69, 9.17) is 4.74 Å². The SMILES string of the molecule is COc1ccc(C(O)c2ccncc2)cc1. The number of ether oxygens (including phenoxy) is 1. The van der Waals surface area contributed by atoms with Crippen LogP contribution in [0.15, 0.2) is 48.8 Å². The molecule has 2 rings (SSSR count). The summed E-state index contributed by atoms with van der Waals surface area (Å²) in [6.45, 7) is 0. The van der Waals surface area contributed by atoms with Gasteiger partial charge in [-0.05, 0) is 35.4 Å². The highest BCUT2D eigenvalue weighted by atomic mass is 16.5. The molecular formula is C13H13NO2. The second-order valence-electron chi connectivity index (χ2n) is 3.46. The minimum absolute atomic E-state index is 0.617. The standard InChI is InChI=1S/C13H13NO2/c1-16-12-4-2-10(3-5-12)13(15)11-6-8-14-9-7-11/h2-9,13,15H,1H3. The van der Waals surface area contributed by atoms with Crippen molar-refractivity contribution in [3.63, 3.8) is 0 Å². The highest BCUT2D eigenvalue weighted by Crippen LogP contribution is 2.23. The Hall–Kier alpha value is -1.87. The van der Waals surface area contributed by atoms with E-state index < -0.39 is 6.10 Å². The average Bonchev–Trinajstić information content (AvgIpc) is 2.39. The summed E-state index contributed by atoms with van der Waals surface area (Å²) in [5.74, 6) is 0.783. The predicted octanol–water partition coefficient (Wildman–Crippen LogP) is 2.17. The summed E-state index contributed by atoms with van der Waals surface area (Å²) in [4.78, 5) is 3.92. The van der Waals surface area contributed by atoms with Crippen molar-refractivity contribution in [3.8, 4) is 5.75 Å². The highest BCUT2D eigenvalue weighted by molar-refractivity contribution is 5.33. The summed E-state index contributed by atoms with van der Waals surface area (Å²) in [7, 11) is 1.62. The van der Waals surface area contributed by atoms with Crippen molar-refractivity contribution in [2.24, 2.45) is 0 Å². The molecule has 0 bridgehead atoms. The van der Waals surface area contributed by atoms with Crippen LogP contribution in [0, 0.1) is 0 Å². The zero-order valence-electron chi connectivity index (χ0n) is 9.00. The fourth-order valence-electron chi connectivity index (χ4n) is 1.52. The van der Waals surface area contributed by atoms with Gasteiger partial charge in [0, 0.05) is 12.4 Å². The molecule has 1 unspecified atom stereocenters. The molecule has 2 aromatic rings. The summed E-state index contributed by atoms with van der Waals surface area (Å²) in [6, 6.07) is 11.0. The Morgan fingerprint density at radius 2 is 1.56 bits per heavy atom. The Kier molecular flexibility index (Phi) is 3.17. The van der Waals surface area contributed by atoms with E-state index >= 15 is 0 Å². The summed E-state index contributed by atoms with van der Waals surface area (Å²) >= 11 is 0. The van der Waals surface area contributed by atoms with Crippen molar-refractivity contribution in [2.45, 2.75) is 6.10 Å². The van der Waals surface area contributed by atoms with Gasteiger partial charge in [-0.25, -0.2) is 0 Å². The number of rotatable bonds is 3. The zero-order chi connectivity index (χ0) is 11.4. The van der Waals surface area contributed by atoms with Crippen LogP contribution < -0.4 is 4.74 Å². The highest BCUT2D eigenvalue weighted by Gasteiger charge is 2.09. The molecule has 0 fully saturated rings. The van der Waals surface area contributed by atoms with Crippen LogP contribution in [0.4, 0.5) is 0 Å². The normalized spacial score (nSPS) is 12.1. The molecule has 0 saturated heterocycles. The first kappa shape index (κ1) is 10.6. The third-order valence-corrected chi connectivity index (χ3v) is 2.45. The molecule has 3 nitrogen and oxygen atoms in total. The topological polar surface area (TPSA) is 42.4 Å². The Labute approximate surface area is 94.3 Å². The van der Waals surface area contributed by atoms with E-state index in [0.717, 1.165) is 16.9 Å². The first-order valence-corrected chi connectivity index (χ1v) is 5.03. The number of aromatic nitrogens is 1. The molecule has 0 spiro atoms. The van der Waals surface area contributed by atoms with E-state index in [0.29, 0.717) is 0 Å². The minimum Gasteiger partial charge on any atom is -0.497 e. The predicted molar refractivity (Wildman–Crippen MR) is 61.3 cm³/mol. The van der Waals surface area contributed by atoms with Gasteiger partial charge >= 0.3 is 0 Å². The molecule has 1 heterocycles. The van der Waals surface area contributed by atoms with E-state index in [2.05, 4.69) is 4.98 Å². The van der Waals surface area contributed by atoms with E-state index in [1.165, 1.54) is 0 Å². The molecule has 1 aromatic heterocycles. The molecule has 0 aliphatic carbocycles. The number of pyridine rings is 1. The lowest BCUT2D eigenvalue weighted by atomic mass is 10.0. The number of nitrogens with zero attached hydrogens (tertiary/aromatic N) is 1. The van der Waals surface area contributed by atoms with Crippen LogP contribution in [0.3, 0.4) is 0 Å². The third-order valence-electron chi connectivity index (χ3n) is 2.45. The number of aliphatic hydroxyl groups is 1. The monoisotopic (exact) mass is 215 g/mol. The molecular weight excluding hydrogens is 202 g/mol. The lowest BCUT2D eigenvalue weighted by Crippen LogP contribution is -1.99. The van der Waals surface area contributed by atoms with Crippen LogP contribution in [-0.2, 0) is 0 Å². The van der Waals surface area contributed by atoms with Gasteiger partial charge in [0.05, 0.1) is 7.11 Å². The summed E-state index contributed by atoms with van der Waals surface area (Å²) < 4.78 is 5.06. The first-order chi connectivity index (χ1) is 7.81. The van der Waals surface area contributed by atoms with Gasteiger partial charge in [-0.1, -0.05) is 12.1 Å². The van der Waals surface area contributed by atoms with Crippen LogP contribution in [-0.4, -0.2) is 17.2 Å². The van der Waals surface area contributed by atoms with E-state index in [-0.39, 0.29) is 0 Å². The number of aliphatic hydroxyl groups excluding tert-OH is 1. The Balaban J connectivity index is 2.24. The number of methoxy groups -OCH3 is 1. The lowest BCUT2D eigenvalue weighted by Gasteiger charge is -2.11. The minimum atomic E-state index is -0.617. The van der Waals surface area contributed by atoms with Gasteiger partial charge < -0.3 is 9.84 Å². The zero-order valence-corrected chi connectivity index (χ0v) is 9.00. The van der Waals surface area contributed by atoms with Crippen molar-refractivity contribution in [3.05, 3.63) is 59.9 Å². The maximum atomic E-state index is 10.1.